The van der Waals surface area contributed by atoms with Crippen LogP contribution in [0.4, 0.5) is 0 Å². The molecule has 0 radical (unpaired) electrons. The monoisotopic (exact) mass is 314 g/mol. The molecule has 0 N–H and O–H groups in total. The van der Waals surface area contributed by atoms with Gasteiger partial charge in [0, 0.05) is 10.9 Å². The molecule has 0 fully saturated rings. The summed E-state index contributed by atoms with van der Waals surface area (Å²) in [6.45, 7) is 0. The van der Waals surface area contributed by atoms with Crippen molar-refractivity contribution in [3.05, 3.63) is 70.2 Å². The second kappa shape index (κ2) is 4.97. The van der Waals surface area contributed by atoms with Crippen molar-refractivity contribution in [2.75, 3.05) is 0 Å². The third kappa shape index (κ3) is 2.31. The van der Waals surface area contributed by atoms with Gasteiger partial charge in [-0.25, -0.2) is 4.98 Å². The number of hydrogen-bond donors (Lipinski definition) is 0. The maximum atomic E-state index is 11.1. The lowest BCUT2D eigenvalue weighted by Crippen LogP contribution is -2.01. The first kappa shape index (κ1) is 12.1. The number of carbonyl (C=O) groups is 1. The SMILES string of the molecule is O=Cc1cccc2cnc(Cc3ccc(Br)cc3)n12. The number of aromatic nitrogens is 2. The zero-order valence-corrected chi connectivity index (χ0v) is 11.7. The first-order valence-electron chi connectivity index (χ1n) is 5.93. The first-order valence-corrected chi connectivity index (χ1v) is 6.72. The number of benzene rings is 1. The Bertz CT molecular complexity index is 731. The molecule has 0 aliphatic heterocycles. The summed E-state index contributed by atoms with van der Waals surface area (Å²) in [5, 5.41) is 0. The topological polar surface area (TPSA) is 34.4 Å². The molecule has 0 saturated heterocycles. The number of carbonyl (C=O) groups excluding carboxylic acids is 1. The summed E-state index contributed by atoms with van der Waals surface area (Å²) in [6, 6.07) is 13.7. The number of aldehydes is 1. The molecule has 19 heavy (non-hydrogen) atoms. The summed E-state index contributed by atoms with van der Waals surface area (Å²) in [4.78, 5) is 15.5. The van der Waals surface area contributed by atoms with Crippen LogP contribution < -0.4 is 0 Å². The highest BCUT2D eigenvalue weighted by Gasteiger charge is 2.07. The maximum Gasteiger partial charge on any atom is 0.166 e. The number of fused-ring (bicyclic) bond motifs is 1. The van der Waals surface area contributed by atoms with Crippen LogP contribution in [0.5, 0.6) is 0 Å². The molecule has 1 aromatic carbocycles. The first-order chi connectivity index (χ1) is 9.28. The fourth-order valence-corrected chi connectivity index (χ4v) is 2.41. The third-order valence-electron chi connectivity index (χ3n) is 3.05. The van der Waals surface area contributed by atoms with E-state index in [1.165, 1.54) is 0 Å². The van der Waals surface area contributed by atoms with Gasteiger partial charge in [-0.15, -0.1) is 0 Å². The Morgan fingerprint density at radius 3 is 2.68 bits per heavy atom. The van der Waals surface area contributed by atoms with E-state index in [1.54, 1.807) is 12.3 Å². The third-order valence-corrected chi connectivity index (χ3v) is 3.58. The van der Waals surface area contributed by atoms with E-state index in [1.807, 2.05) is 28.7 Å². The maximum absolute atomic E-state index is 11.1. The van der Waals surface area contributed by atoms with Gasteiger partial charge in [0.1, 0.15) is 5.82 Å². The van der Waals surface area contributed by atoms with E-state index in [4.69, 9.17) is 0 Å². The van der Waals surface area contributed by atoms with Gasteiger partial charge in [-0.05, 0) is 29.8 Å². The molecule has 2 aromatic heterocycles. The Morgan fingerprint density at radius 2 is 1.95 bits per heavy atom. The molecule has 0 unspecified atom stereocenters. The van der Waals surface area contributed by atoms with E-state index in [0.717, 1.165) is 27.7 Å². The second-order valence-electron chi connectivity index (χ2n) is 4.31. The number of pyridine rings is 1. The van der Waals surface area contributed by atoms with E-state index in [0.29, 0.717) is 12.1 Å². The lowest BCUT2D eigenvalue weighted by molar-refractivity contribution is 0.111. The van der Waals surface area contributed by atoms with Crippen LogP contribution in [0.2, 0.25) is 0 Å². The van der Waals surface area contributed by atoms with Gasteiger partial charge in [0.25, 0.3) is 0 Å². The normalized spacial score (nSPS) is 10.8. The van der Waals surface area contributed by atoms with Gasteiger partial charge >= 0.3 is 0 Å². The quantitative estimate of drug-likeness (QED) is 0.693. The summed E-state index contributed by atoms with van der Waals surface area (Å²) in [5.41, 5.74) is 2.73. The van der Waals surface area contributed by atoms with Crippen molar-refractivity contribution in [2.45, 2.75) is 6.42 Å². The minimum atomic E-state index is 0.627. The minimum absolute atomic E-state index is 0.627. The highest BCUT2D eigenvalue weighted by atomic mass is 79.9. The molecule has 0 aliphatic carbocycles. The van der Waals surface area contributed by atoms with Crippen molar-refractivity contribution < 1.29 is 4.79 Å². The largest absolute Gasteiger partial charge is 0.296 e. The molecule has 4 heteroatoms. The van der Waals surface area contributed by atoms with E-state index in [9.17, 15) is 4.79 Å². The molecule has 0 aliphatic rings. The molecule has 3 aromatic rings. The van der Waals surface area contributed by atoms with Gasteiger partial charge in [0.15, 0.2) is 6.29 Å². The zero-order valence-electron chi connectivity index (χ0n) is 10.1. The lowest BCUT2D eigenvalue weighted by atomic mass is 10.1. The number of imidazole rings is 1. The van der Waals surface area contributed by atoms with Crippen LogP contribution >= 0.6 is 15.9 Å². The van der Waals surface area contributed by atoms with Crippen LogP contribution in [0.15, 0.2) is 53.1 Å². The molecule has 0 amide bonds. The summed E-state index contributed by atoms with van der Waals surface area (Å²) in [5.74, 6) is 0.875. The summed E-state index contributed by atoms with van der Waals surface area (Å²) in [7, 11) is 0. The van der Waals surface area contributed by atoms with Crippen LogP contribution in [0.3, 0.4) is 0 Å². The van der Waals surface area contributed by atoms with Crippen molar-refractivity contribution in [2.24, 2.45) is 0 Å². The average Bonchev–Trinajstić information content (AvgIpc) is 2.85. The van der Waals surface area contributed by atoms with Gasteiger partial charge < -0.3 is 0 Å². The van der Waals surface area contributed by atoms with Crippen molar-refractivity contribution in [3.63, 3.8) is 0 Å². The van der Waals surface area contributed by atoms with Gasteiger partial charge in [-0.3, -0.25) is 9.20 Å². The molecule has 0 bridgehead atoms. The Kier molecular flexibility index (Phi) is 3.17. The van der Waals surface area contributed by atoms with Crippen molar-refractivity contribution in [1.29, 1.82) is 0 Å². The van der Waals surface area contributed by atoms with E-state index >= 15 is 0 Å². The summed E-state index contributed by atoms with van der Waals surface area (Å²) >= 11 is 3.42. The van der Waals surface area contributed by atoms with Crippen LogP contribution in [-0.2, 0) is 6.42 Å². The second-order valence-corrected chi connectivity index (χ2v) is 5.22. The lowest BCUT2D eigenvalue weighted by Gasteiger charge is -2.04. The molecule has 0 atom stereocenters. The molecular weight excluding hydrogens is 304 g/mol. The van der Waals surface area contributed by atoms with Crippen LogP contribution in [0.25, 0.3) is 5.52 Å². The zero-order chi connectivity index (χ0) is 13.2. The Hall–Kier alpha value is -1.94. The average molecular weight is 315 g/mol. The predicted octanol–water partition coefficient (Wildman–Crippen LogP) is 3.50. The molecule has 2 heterocycles. The van der Waals surface area contributed by atoms with Gasteiger partial charge in [0.05, 0.1) is 17.4 Å². The predicted molar refractivity (Wildman–Crippen MR) is 77.5 cm³/mol. The number of rotatable bonds is 3. The molecule has 94 valence electrons. The van der Waals surface area contributed by atoms with Crippen LogP contribution in [0.1, 0.15) is 21.9 Å². The van der Waals surface area contributed by atoms with Gasteiger partial charge in [-0.1, -0.05) is 34.1 Å². The number of halogens is 1. The molecule has 3 rings (SSSR count). The Balaban J connectivity index is 2.05. The fraction of sp³-hybridized carbons (Fsp3) is 0.0667. The number of hydrogen-bond acceptors (Lipinski definition) is 2. The smallest absolute Gasteiger partial charge is 0.166 e. The fourth-order valence-electron chi connectivity index (χ4n) is 2.14. The molecule has 0 spiro atoms. The van der Waals surface area contributed by atoms with Crippen LogP contribution in [0, 0.1) is 0 Å². The summed E-state index contributed by atoms with van der Waals surface area (Å²) < 4.78 is 2.95. The van der Waals surface area contributed by atoms with Crippen molar-refractivity contribution in [3.8, 4) is 0 Å². The van der Waals surface area contributed by atoms with E-state index in [2.05, 4.69) is 33.0 Å². The molecular formula is C15H11BrN2O. The van der Waals surface area contributed by atoms with E-state index < -0.39 is 0 Å². The van der Waals surface area contributed by atoms with Gasteiger partial charge in [-0.2, -0.15) is 0 Å². The highest BCUT2D eigenvalue weighted by Crippen LogP contribution is 2.16. The Morgan fingerprint density at radius 1 is 1.16 bits per heavy atom. The minimum Gasteiger partial charge on any atom is -0.296 e. The highest BCUT2D eigenvalue weighted by molar-refractivity contribution is 9.10. The molecule has 3 nitrogen and oxygen atoms in total. The van der Waals surface area contributed by atoms with Crippen molar-refractivity contribution >= 4 is 27.7 Å². The molecule has 0 saturated carbocycles. The Labute approximate surface area is 119 Å². The van der Waals surface area contributed by atoms with Gasteiger partial charge in [0.2, 0.25) is 0 Å². The van der Waals surface area contributed by atoms with Crippen molar-refractivity contribution in [1.82, 2.24) is 9.38 Å². The summed E-state index contributed by atoms with van der Waals surface area (Å²) in [6.07, 6.45) is 3.35. The van der Waals surface area contributed by atoms with E-state index in [-0.39, 0.29) is 0 Å². The number of nitrogens with zero attached hydrogens (tertiary/aromatic N) is 2. The standard InChI is InChI=1S/C15H11BrN2O/c16-12-6-4-11(5-7-12)8-15-17-9-13-2-1-3-14(10-19)18(13)15/h1-7,9-10H,8H2. The van der Waals surface area contributed by atoms with Crippen LogP contribution in [-0.4, -0.2) is 15.7 Å².